The highest BCUT2D eigenvalue weighted by Gasteiger charge is 2.19. The third-order valence-electron chi connectivity index (χ3n) is 4.95. The highest BCUT2D eigenvalue weighted by Crippen LogP contribution is 2.20. The van der Waals surface area contributed by atoms with Gasteiger partial charge in [0.15, 0.2) is 0 Å². The summed E-state index contributed by atoms with van der Waals surface area (Å²) < 4.78 is 13.7. The summed E-state index contributed by atoms with van der Waals surface area (Å²) in [7, 11) is 0. The van der Waals surface area contributed by atoms with Gasteiger partial charge in [0.05, 0.1) is 6.42 Å². The minimum absolute atomic E-state index is 0.0399. The van der Waals surface area contributed by atoms with E-state index >= 15 is 0 Å². The van der Waals surface area contributed by atoms with Crippen molar-refractivity contribution in [2.75, 3.05) is 41.3 Å². The smallest absolute Gasteiger partial charge is 0.230 e. The third-order valence-corrected chi connectivity index (χ3v) is 4.95. The maximum atomic E-state index is 13.7. The molecule has 0 aliphatic carbocycles. The van der Waals surface area contributed by atoms with Crippen LogP contribution in [0.15, 0.2) is 67.0 Å². The Kier molecular flexibility index (Phi) is 5.65. The van der Waals surface area contributed by atoms with Crippen LogP contribution < -0.4 is 15.1 Å². The molecule has 0 radical (unpaired) electrons. The fraction of sp³-hybridized carbons (Fsp3) is 0.227. The molecule has 1 aromatic heterocycles. The molecule has 0 spiro atoms. The molecule has 148 valence electrons. The molecule has 0 atom stereocenters. The molecule has 1 fully saturated rings. The van der Waals surface area contributed by atoms with E-state index < -0.39 is 0 Å². The van der Waals surface area contributed by atoms with Gasteiger partial charge in [0.1, 0.15) is 23.8 Å². The van der Waals surface area contributed by atoms with Crippen LogP contribution in [0.25, 0.3) is 0 Å². The Balaban J connectivity index is 1.36. The van der Waals surface area contributed by atoms with Gasteiger partial charge in [0.25, 0.3) is 0 Å². The minimum Gasteiger partial charge on any atom is -0.368 e. The molecular formula is C22H22FN5O. The molecular weight excluding hydrogens is 369 g/mol. The van der Waals surface area contributed by atoms with E-state index in [1.807, 2.05) is 18.2 Å². The Hall–Kier alpha value is -3.48. The predicted molar refractivity (Wildman–Crippen MR) is 112 cm³/mol. The van der Waals surface area contributed by atoms with Gasteiger partial charge in [0.2, 0.25) is 5.91 Å². The van der Waals surface area contributed by atoms with Crippen LogP contribution in [-0.2, 0) is 11.2 Å². The molecule has 2 aromatic carbocycles. The lowest BCUT2D eigenvalue weighted by Gasteiger charge is -2.36. The monoisotopic (exact) mass is 391 g/mol. The first-order valence-electron chi connectivity index (χ1n) is 9.59. The minimum atomic E-state index is -0.387. The second kappa shape index (κ2) is 8.68. The number of hydrogen-bond donors (Lipinski definition) is 1. The van der Waals surface area contributed by atoms with Crippen molar-refractivity contribution >= 4 is 23.2 Å². The molecule has 2 heterocycles. The Labute approximate surface area is 169 Å². The van der Waals surface area contributed by atoms with Crippen LogP contribution in [0.2, 0.25) is 0 Å². The van der Waals surface area contributed by atoms with Gasteiger partial charge in [0, 0.05) is 37.9 Å². The van der Waals surface area contributed by atoms with E-state index in [0.717, 1.165) is 32.0 Å². The molecule has 0 bridgehead atoms. The highest BCUT2D eigenvalue weighted by atomic mass is 19.1. The Morgan fingerprint density at radius 2 is 1.62 bits per heavy atom. The van der Waals surface area contributed by atoms with E-state index in [4.69, 9.17) is 0 Å². The number of rotatable bonds is 5. The standard InChI is InChI=1S/C22H22FN5O/c23-19-9-5-4-6-17(19)14-22(29)26-20-15-21(25-16-24-20)28-12-10-27(11-13-28)18-7-2-1-3-8-18/h1-9,15-16H,10-14H2,(H,24,25,26,29). The molecule has 1 amide bonds. The zero-order chi connectivity index (χ0) is 20.1. The summed E-state index contributed by atoms with van der Waals surface area (Å²) in [6.07, 6.45) is 1.40. The van der Waals surface area contributed by atoms with Crippen LogP contribution in [-0.4, -0.2) is 42.1 Å². The number of nitrogens with one attached hydrogen (secondary N) is 1. The SMILES string of the molecule is O=C(Cc1ccccc1F)Nc1cc(N2CCN(c3ccccc3)CC2)ncn1. The van der Waals surface area contributed by atoms with Crippen LogP contribution >= 0.6 is 0 Å². The molecule has 3 aromatic rings. The number of hydrogen-bond acceptors (Lipinski definition) is 5. The zero-order valence-electron chi connectivity index (χ0n) is 16.0. The van der Waals surface area contributed by atoms with Crippen molar-refractivity contribution in [1.29, 1.82) is 0 Å². The van der Waals surface area contributed by atoms with Crippen molar-refractivity contribution in [3.8, 4) is 0 Å². The molecule has 1 aliphatic rings. The number of carbonyl (C=O) groups excluding carboxylic acids is 1. The van der Waals surface area contributed by atoms with Crippen molar-refractivity contribution in [2.24, 2.45) is 0 Å². The number of aromatic nitrogens is 2. The largest absolute Gasteiger partial charge is 0.368 e. The lowest BCUT2D eigenvalue weighted by Crippen LogP contribution is -2.46. The number of carbonyl (C=O) groups is 1. The molecule has 1 N–H and O–H groups in total. The molecule has 0 unspecified atom stereocenters. The van der Waals surface area contributed by atoms with Crippen molar-refractivity contribution in [1.82, 2.24) is 9.97 Å². The summed E-state index contributed by atoms with van der Waals surface area (Å²) >= 11 is 0. The maximum Gasteiger partial charge on any atom is 0.230 e. The molecule has 29 heavy (non-hydrogen) atoms. The number of amides is 1. The number of anilines is 3. The number of halogens is 1. The van der Waals surface area contributed by atoms with Gasteiger partial charge >= 0.3 is 0 Å². The maximum absolute atomic E-state index is 13.7. The second-order valence-corrected chi connectivity index (χ2v) is 6.89. The van der Waals surface area contributed by atoms with Crippen molar-refractivity contribution in [3.05, 3.63) is 78.4 Å². The van der Waals surface area contributed by atoms with E-state index in [1.54, 1.807) is 24.3 Å². The van der Waals surface area contributed by atoms with Crippen LogP contribution in [0.3, 0.4) is 0 Å². The number of para-hydroxylation sites is 1. The Morgan fingerprint density at radius 1 is 0.931 bits per heavy atom. The average molecular weight is 391 g/mol. The first-order chi connectivity index (χ1) is 14.2. The van der Waals surface area contributed by atoms with Crippen LogP contribution in [0.1, 0.15) is 5.56 Å². The van der Waals surface area contributed by atoms with Crippen LogP contribution in [0.5, 0.6) is 0 Å². The van der Waals surface area contributed by atoms with Gasteiger partial charge in [-0.2, -0.15) is 0 Å². The van der Waals surface area contributed by atoms with Crippen molar-refractivity contribution < 1.29 is 9.18 Å². The van der Waals surface area contributed by atoms with E-state index in [2.05, 4.69) is 37.2 Å². The normalized spacial score (nSPS) is 14.0. The number of nitrogens with zero attached hydrogens (tertiary/aromatic N) is 4. The van der Waals surface area contributed by atoms with Crippen molar-refractivity contribution in [2.45, 2.75) is 6.42 Å². The zero-order valence-corrected chi connectivity index (χ0v) is 16.0. The van der Waals surface area contributed by atoms with Gasteiger partial charge in [-0.05, 0) is 23.8 Å². The van der Waals surface area contributed by atoms with Crippen LogP contribution in [0.4, 0.5) is 21.7 Å². The summed E-state index contributed by atoms with van der Waals surface area (Å²) in [6, 6.07) is 18.4. The summed E-state index contributed by atoms with van der Waals surface area (Å²) in [6.45, 7) is 3.44. The molecule has 1 saturated heterocycles. The number of piperazine rings is 1. The molecule has 7 heteroatoms. The molecule has 4 rings (SSSR count). The second-order valence-electron chi connectivity index (χ2n) is 6.89. The molecule has 0 saturated carbocycles. The fourth-order valence-corrected chi connectivity index (χ4v) is 3.42. The Morgan fingerprint density at radius 3 is 2.38 bits per heavy atom. The van der Waals surface area contributed by atoms with Gasteiger partial charge in [-0.1, -0.05) is 36.4 Å². The quantitative estimate of drug-likeness (QED) is 0.724. The average Bonchev–Trinajstić information content (AvgIpc) is 2.76. The number of benzene rings is 2. The van der Waals surface area contributed by atoms with Crippen molar-refractivity contribution in [3.63, 3.8) is 0 Å². The first kappa shape index (κ1) is 18.9. The lowest BCUT2D eigenvalue weighted by atomic mass is 10.1. The highest BCUT2D eigenvalue weighted by molar-refractivity contribution is 5.91. The van der Waals surface area contributed by atoms with E-state index in [0.29, 0.717) is 11.4 Å². The van der Waals surface area contributed by atoms with Gasteiger partial charge in [-0.25, -0.2) is 14.4 Å². The molecule has 6 nitrogen and oxygen atoms in total. The van der Waals surface area contributed by atoms with Gasteiger partial charge in [-0.3, -0.25) is 4.79 Å². The fourth-order valence-electron chi connectivity index (χ4n) is 3.42. The van der Waals surface area contributed by atoms with Gasteiger partial charge < -0.3 is 15.1 Å². The van der Waals surface area contributed by atoms with E-state index in [1.165, 1.54) is 18.1 Å². The van der Waals surface area contributed by atoms with Crippen LogP contribution in [0, 0.1) is 5.82 Å². The first-order valence-corrected chi connectivity index (χ1v) is 9.59. The van der Waals surface area contributed by atoms with E-state index in [-0.39, 0.29) is 18.1 Å². The summed E-state index contributed by atoms with van der Waals surface area (Å²) in [4.78, 5) is 25.3. The van der Waals surface area contributed by atoms with Gasteiger partial charge in [-0.15, -0.1) is 0 Å². The Bertz CT molecular complexity index is 974. The lowest BCUT2D eigenvalue weighted by molar-refractivity contribution is -0.115. The van der Waals surface area contributed by atoms with E-state index in [9.17, 15) is 9.18 Å². The summed E-state index contributed by atoms with van der Waals surface area (Å²) in [5, 5.41) is 2.74. The topological polar surface area (TPSA) is 61.4 Å². The predicted octanol–water partition coefficient (Wildman–Crippen LogP) is 3.12. The summed E-state index contributed by atoms with van der Waals surface area (Å²) in [5.41, 5.74) is 1.58. The summed E-state index contributed by atoms with van der Waals surface area (Å²) in [5.74, 6) is 0.492. The third kappa shape index (κ3) is 4.68. The molecule has 1 aliphatic heterocycles.